The number of rotatable bonds is 5. The first-order valence-corrected chi connectivity index (χ1v) is 8.89. The lowest BCUT2D eigenvalue weighted by Crippen LogP contribution is -2.49. The number of carbonyl (C=O) groups excluding carboxylic acids is 1. The third kappa shape index (κ3) is 4.44. The molecule has 28 heavy (non-hydrogen) atoms. The maximum Gasteiger partial charge on any atom is 0.387 e. The van der Waals surface area contributed by atoms with Crippen LogP contribution in [0, 0.1) is 11.6 Å². The fourth-order valence-corrected chi connectivity index (χ4v) is 3.31. The van der Waals surface area contributed by atoms with Gasteiger partial charge in [-0.05, 0) is 36.8 Å². The summed E-state index contributed by atoms with van der Waals surface area (Å²) < 4.78 is 56.5. The molecule has 1 aliphatic heterocycles. The smallest absolute Gasteiger partial charge is 0.387 e. The van der Waals surface area contributed by atoms with Gasteiger partial charge < -0.3 is 9.64 Å². The van der Waals surface area contributed by atoms with Crippen molar-refractivity contribution < 1.29 is 27.1 Å². The Hall–Kier alpha value is -2.61. The minimum absolute atomic E-state index is 0.0111. The number of ether oxygens (including phenoxy) is 1. The molecule has 0 spiro atoms. The van der Waals surface area contributed by atoms with Gasteiger partial charge in [0.05, 0.1) is 0 Å². The average Bonchev–Trinajstić information content (AvgIpc) is 2.67. The Bertz CT molecular complexity index is 801. The van der Waals surface area contributed by atoms with Gasteiger partial charge in [0, 0.05) is 32.2 Å². The highest BCUT2D eigenvalue weighted by Crippen LogP contribution is 2.25. The van der Waals surface area contributed by atoms with Crippen molar-refractivity contribution in [2.45, 2.75) is 19.6 Å². The lowest BCUT2D eigenvalue weighted by Gasteiger charge is -2.38. The van der Waals surface area contributed by atoms with E-state index in [-0.39, 0.29) is 11.8 Å². The minimum atomic E-state index is -2.87. The van der Waals surface area contributed by atoms with Gasteiger partial charge in [-0.3, -0.25) is 9.69 Å². The molecular formula is C20H20F4N2O2. The molecule has 1 heterocycles. The maximum atomic E-state index is 13.8. The molecule has 0 aromatic heterocycles. The van der Waals surface area contributed by atoms with Crippen LogP contribution in [0.4, 0.5) is 17.6 Å². The Kier molecular flexibility index (Phi) is 6.18. The number of carbonyl (C=O) groups is 1. The Balaban J connectivity index is 1.61. The van der Waals surface area contributed by atoms with Crippen LogP contribution in [0.5, 0.6) is 5.75 Å². The number of amides is 1. The van der Waals surface area contributed by atoms with Crippen molar-refractivity contribution in [3.63, 3.8) is 0 Å². The van der Waals surface area contributed by atoms with Crippen molar-refractivity contribution in [2.24, 2.45) is 0 Å². The highest BCUT2D eigenvalue weighted by Gasteiger charge is 2.28. The minimum Gasteiger partial charge on any atom is -0.435 e. The standard InChI is InChI=1S/C20H20F4N2O2/c1-13(14-5-7-15(8-6-14)28-20(23)24)25-9-11-26(12-10-25)19(27)18-16(21)3-2-4-17(18)22/h2-8,13,20H,9-12H2,1H3. The van der Waals surface area contributed by atoms with E-state index >= 15 is 0 Å². The fraction of sp³-hybridized carbons (Fsp3) is 0.350. The molecule has 4 nitrogen and oxygen atoms in total. The normalized spacial score (nSPS) is 16.3. The molecule has 0 radical (unpaired) electrons. The molecule has 0 bridgehead atoms. The molecule has 1 saturated heterocycles. The van der Waals surface area contributed by atoms with E-state index in [4.69, 9.17) is 0 Å². The number of hydrogen-bond donors (Lipinski definition) is 0. The van der Waals surface area contributed by atoms with Crippen molar-refractivity contribution in [3.8, 4) is 5.75 Å². The number of hydrogen-bond acceptors (Lipinski definition) is 3. The van der Waals surface area contributed by atoms with Gasteiger partial charge in [-0.2, -0.15) is 8.78 Å². The molecule has 8 heteroatoms. The Morgan fingerprint density at radius 3 is 2.07 bits per heavy atom. The van der Waals surface area contributed by atoms with E-state index in [1.54, 1.807) is 12.1 Å². The van der Waals surface area contributed by atoms with Crippen molar-refractivity contribution in [1.29, 1.82) is 0 Å². The van der Waals surface area contributed by atoms with Crippen LogP contribution >= 0.6 is 0 Å². The summed E-state index contributed by atoms with van der Waals surface area (Å²) in [6, 6.07) is 9.74. The van der Waals surface area contributed by atoms with Crippen LogP contribution in [-0.4, -0.2) is 48.5 Å². The molecule has 0 saturated carbocycles. The molecule has 1 amide bonds. The van der Waals surface area contributed by atoms with E-state index in [1.807, 2.05) is 6.92 Å². The number of halogens is 4. The molecule has 1 atom stereocenters. The molecule has 150 valence electrons. The number of alkyl halides is 2. The van der Waals surface area contributed by atoms with E-state index in [1.165, 1.54) is 23.1 Å². The summed E-state index contributed by atoms with van der Waals surface area (Å²) in [5.41, 5.74) is 0.389. The van der Waals surface area contributed by atoms with Gasteiger partial charge in [-0.15, -0.1) is 0 Å². The number of benzene rings is 2. The zero-order valence-electron chi connectivity index (χ0n) is 15.2. The summed E-state index contributed by atoms with van der Waals surface area (Å²) in [7, 11) is 0. The second-order valence-corrected chi connectivity index (χ2v) is 6.55. The zero-order valence-corrected chi connectivity index (χ0v) is 15.2. The van der Waals surface area contributed by atoms with E-state index in [2.05, 4.69) is 9.64 Å². The first-order valence-electron chi connectivity index (χ1n) is 8.89. The Labute approximate surface area is 160 Å². The maximum absolute atomic E-state index is 13.8. The molecule has 1 unspecified atom stereocenters. The molecule has 2 aromatic rings. The SMILES string of the molecule is CC(c1ccc(OC(F)F)cc1)N1CCN(C(=O)c2c(F)cccc2F)CC1. The molecule has 2 aromatic carbocycles. The average molecular weight is 396 g/mol. The molecule has 0 aliphatic carbocycles. The molecule has 3 rings (SSSR count). The summed E-state index contributed by atoms with van der Waals surface area (Å²) >= 11 is 0. The van der Waals surface area contributed by atoms with Crippen LogP contribution in [0.3, 0.4) is 0 Å². The van der Waals surface area contributed by atoms with Crippen LogP contribution in [0.15, 0.2) is 42.5 Å². The monoisotopic (exact) mass is 396 g/mol. The topological polar surface area (TPSA) is 32.8 Å². The second-order valence-electron chi connectivity index (χ2n) is 6.55. The van der Waals surface area contributed by atoms with Crippen LogP contribution in [0.25, 0.3) is 0 Å². The lowest BCUT2D eigenvalue weighted by molar-refractivity contribution is -0.0498. The van der Waals surface area contributed by atoms with Crippen molar-refractivity contribution in [1.82, 2.24) is 9.80 Å². The third-order valence-corrected chi connectivity index (χ3v) is 4.91. The van der Waals surface area contributed by atoms with Crippen LogP contribution in [0.1, 0.15) is 28.9 Å². The Morgan fingerprint density at radius 2 is 1.54 bits per heavy atom. The van der Waals surface area contributed by atoms with Gasteiger partial charge in [0.2, 0.25) is 0 Å². The number of piperazine rings is 1. The van der Waals surface area contributed by atoms with Crippen LogP contribution < -0.4 is 4.74 Å². The summed E-state index contributed by atoms with van der Waals surface area (Å²) in [5, 5.41) is 0. The quantitative estimate of drug-likeness (QED) is 0.714. The van der Waals surface area contributed by atoms with Gasteiger partial charge in [0.15, 0.2) is 0 Å². The van der Waals surface area contributed by atoms with Crippen LogP contribution in [-0.2, 0) is 0 Å². The zero-order chi connectivity index (χ0) is 20.3. The summed E-state index contributed by atoms with van der Waals surface area (Å²) in [4.78, 5) is 16.0. The summed E-state index contributed by atoms with van der Waals surface area (Å²) in [6.45, 7) is 0.828. The van der Waals surface area contributed by atoms with E-state index in [0.29, 0.717) is 26.2 Å². The van der Waals surface area contributed by atoms with Gasteiger partial charge in [0.25, 0.3) is 5.91 Å². The van der Waals surface area contributed by atoms with Gasteiger partial charge in [0.1, 0.15) is 22.9 Å². The summed E-state index contributed by atoms with van der Waals surface area (Å²) in [6.07, 6.45) is 0. The summed E-state index contributed by atoms with van der Waals surface area (Å²) in [5.74, 6) is -2.30. The van der Waals surface area contributed by atoms with Gasteiger partial charge in [-0.1, -0.05) is 18.2 Å². The predicted molar refractivity (Wildman–Crippen MR) is 95.3 cm³/mol. The van der Waals surface area contributed by atoms with Crippen molar-refractivity contribution in [3.05, 3.63) is 65.2 Å². The molecule has 1 aliphatic rings. The largest absolute Gasteiger partial charge is 0.435 e. The van der Waals surface area contributed by atoms with Crippen molar-refractivity contribution in [2.75, 3.05) is 26.2 Å². The first kappa shape index (κ1) is 20.1. The van der Waals surface area contributed by atoms with Crippen molar-refractivity contribution >= 4 is 5.91 Å². The van der Waals surface area contributed by atoms with E-state index in [9.17, 15) is 22.4 Å². The fourth-order valence-electron chi connectivity index (χ4n) is 3.31. The van der Waals surface area contributed by atoms with Gasteiger partial charge >= 0.3 is 6.61 Å². The highest BCUT2D eigenvalue weighted by atomic mass is 19.3. The molecule has 0 N–H and O–H groups in total. The molecule has 1 fully saturated rings. The van der Waals surface area contributed by atoms with E-state index in [0.717, 1.165) is 17.7 Å². The number of nitrogens with zero attached hydrogens (tertiary/aromatic N) is 2. The van der Waals surface area contributed by atoms with Gasteiger partial charge in [-0.25, -0.2) is 8.78 Å². The first-order chi connectivity index (χ1) is 13.4. The molecular weight excluding hydrogens is 376 g/mol. The second kappa shape index (κ2) is 8.60. The van der Waals surface area contributed by atoms with Crippen LogP contribution in [0.2, 0.25) is 0 Å². The predicted octanol–water partition coefficient (Wildman–Crippen LogP) is 4.09. The van der Waals surface area contributed by atoms with E-state index < -0.39 is 29.7 Å². The third-order valence-electron chi connectivity index (χ3n) is 4.91. The highest BCUT2D eigenvalue weighted by molar-refractivity contribution is 5.94. The lowest BCUT2D eigenvalue weighted by atomic mass is 10.1. The Morgan fingerprint density at radius 1 is 0.964 bits per heavy atom.